The Balaban J connectivity index is 2.79. The van der Waals surface area contributed by atoms with Gasteiger partial charge in [0.25, 0.3) is 0 Å². The van der Waals surface area contributed by atoms with Crippen LogP contribution in [-0.4, -0.2) is 40.5 Å². The lowest BCUT2D eigenvalue weighted by molar-refractivity contribution is -0.151. The number of carbonyl (C=O) groups is 2. The maximum atomic E-state index is 12.0. The van der Waals surface area contributed by atoms with Gasteiger partial charge in [0.2, 0.25) is 5.91 Å². The van der Waals surface area contributed by atoms with Crippen LogP contribution in [0.3, 0.4) is 0 Å². The summed E-state index contributed by atoms with van der Waals surface area (Å²) in [6.07, 6.45) is 4.91. The van der Waals surface area contributed by atoms with E-state index in [9.17, 15) is 14.7 Å². The molecule has 0 aromatic carbocycles. The molecule has 0 spiro atoms. The van der Waals surface area contributed by atoms with Gasteiger partial charge in [0.1, 0.15) is 6.04 Å². The first-order chi connectivity index (χ1) is 8.07. The molecule has 0 radical (unpaired) electrons. The summed E-state index contributed by atoms with van der Waals surface area (Å²) in [5.74, 6) is -1.13. The van der Waals surface area contributed by atoms with Gasteiger partial charge in [-0.15, -0.1) is 0 Å². The van der Waals surface area contributed by atoms with Gasteiger partial charge in [0, 0.05) is 6.54 Å². The molecular weight excluding hydrogens is 220 g/mol. The molecule has 5 nitrogen and oxygen atoms in total. The van der Waals surface area contributed by atoms with E-state index in [1.54, 1.807) is 0 Å². The predicted octanol–water partition coefficient (Wildman–Crippen LogP) is 0.970. The van der Waals surface area contributed by atoms with Crippen molar-refractivity contribution in [1.29, 1.82) is 0 Å². The molecule has 1 saturated heterocycles. The summed E-state index contributed by atoms with van der Waals surface area (Å²) < 4.78 is 0. The van der Waals surface area contributed by atoms with E-state index in [0.717, 1.165) is 25.7 Å². The van der Waals surface area contributed by atoms with Crippen molar-refractivity contribution in [2.75, 3.05) is 6.54 Å². The van der Waals surface area contributed by atoms with Crippen LogP contribution in [0.15, 0.2) is 0 Å². The lowest BCUT2D eigenvalue weighted by Gasteiger charge is -2.32. The maximum Gasteiger partial charge on any atom is 0.326 e. The van der Waals surface area contributed by atoms with Crippen LogP contribution in [0.1, 0.15) is 45.4 Å². The van der Waals surface area contributed by atoms with Crippen molar-refractivity contribution in [3.8, 4) is 0 Å². The van der Waals surface area contributed by atoms with E-state index in [1.165, 1.54) is 4.90 Å². The van der Waals surface area contributed by atoms with Crippen LogP contribution >= 0.6 is 0 Å². The number of carboxylic acid groups (broad SMARTS) is 1. The quantitative estimate of drug-likeness (QED) is 0.772. The highest BCUT2D eigenvalue weighted by Gasteiger charge is 2.31. The molecule has 17 heavy (non-hydrogen) atoms. The van der Waals surface area contributed by atoms with Crippen LogP contribution in [-0.2, 0) is 9.59 Å². The Hall–Kier alpha value is -1.10. The maximum absolute atomic E-state index is 12.0. The number of carbonyl (C=O) groups excluding carboxylic acids is 1. The fourth-order valence-corrected chi connectivity index (χ4v) is 2.19. The second-order valence-electron chi connectivity index (χ2n) is 4.60. The second kappa shape index (κ2) is 6.59. The van der Waals surface area contributed by atoms with Crippen molar-refractivity contribution < 1.29 is 14.7 Å². The fourth-order valence-electron chi connectivity index (χ4n) is 2.19. The van der Waals surface area contributed by atoms with Gasteiger partial charge in [-0.3, -0.25) is 4.79 Å². The van der Waals surface area contributed by atoms with Gasteiger partial charge < -0.3 is 15.7 Å². The van der Waals surface area contributed by atoms with Crippen LogP contribution < -0.4 is 5.73 Å². The lowest BCUT2D eigenvalue weighted by atomic mass is 10.0. The van der Waals surface area contributed by atoms with Crippen LogP contribution in [0.5, 0.6) is 0 Å². The molecule has 1 fully saturated rings. The van der Waals surface area contributed by atoms with Gasteiger partial charge in [-0.1, -0.05) is 26.2 Å². The summed E-state index contributed by atoms with van der Waals surface area (Å²) >= 11 is 0. The van der Waals surface area contributed by atoms with Gasteiger partial charge in [0.05, 0.1) is 6.04 Å². The van der Waals surface area contributed by atoms with Crippen molar-refractivity contribution in [2.45, 2.75) is 57.5 Å². The average Bonchev–Trinajstić information content (AvgIpc) is 2.26. The van der Waals surface area contributed by atoms with Crippen LogP contribution in [0, 0.1) is 0 Å². The number of aliphatic carboxylic acids is 1. The predicted molar refractivity (Wildman–Crippen MR) is 64.5 cm³/mol. The van der Waals surface area contributed by atoms with E-state index in [-0.39, 0.29) is 5.91 Å². The average molecular weight is 242 g/mol. The molecule has 1 rings (SSSR count). The van der Waals surface area contributed by atoms with Gasteiger partial charge in [-0.05, 0) is 19.3 Å². The first kappa shape index (κ1) is 14.0. The monoisotopic (exact) mass is 242 g/mol. The lowest BCUT2D eigenvalue weighted by Crippen LogP contribution is -2.52. The largest absolute Gasteiger partial charge is 0.480 e. The highest BCUT2D eigenvalue weighted by Crippen LogP contribution is 2.18. The number of carboxylic acids is 1. The molecule has 2 atom stereocenters. The minimum atomic E-state index is -0.913. The van der Waals surface area contributed by atoms with Gasteiger partial charge in [0.15, 0.2) is 0 Å². The summed E-state index contributed by atoms with van der Waals surface area (Å²) in [5.41, 5.74) is 5.72. The third-order valence-electron chi connectivity index (χ3n) is 3.33. The fraction of sp³-hybridized carbons (Fsp3) is 0.833. The molecular formula is C12H22N2O3. The molecule has 2 unspecified atom stereocenters. The number of nitrogens with zero attached hydrogens (tertiary/aromatic N) is 1. The van der Waals surface area contributed by atoms with Crippen LogP contribution in [0.2, 0.25) is 0 Å². The van der Waals surface area contributed by atoms with E-state index in [0.29, 0.717) is 19.4 Å². The molecule has 1 aliphatic heterocycles. The normalized spacial score (nSPS) is 23.6. The summed E-state index contributed by atoms with van der Waals surface area (Å²) in [6.45, 7) is 2.35. The minimum absolute atomic E-state index is 0.221. The third-order valence-corrected chi connectivity index (χ3v) is 3.33. The number of hydrogen-bond donors (Lipinski definition) is 2. The number of amides is 1. The Labute approximate surface area is 102 Å². The Morgan fingerprint density at radius 2 is 2.00 bits per heavy atom. The standard InChI is InChI=1S/C12H22N2O3/c1-2-9(13)11(15)14-8-6-4-3-5-7-10(14)12(16)17/h9-10H,2-8,13H2,1H3,(H,16,17). The molecule has 5 heteroatoms. The molecule has 1 aliphatic rings. The van der Waals surface area contributed by atoms with E-state index >= 15 is 0 Å². The number of nitrogens with two attached hydrogens (primary N) is 1. The summed E-state index contributed by atoms with van der Waals surface area (Å²) in [7, 11) is 0. The summed E-state index contributed by atoms with van der Waals surface area (Å²) in [4.78, 5) is 24.7. The Bertz CT molecular complexity index is 281. The van der Waals surface area contributed by atoms with Crippen molar-refractivity contribution in [3.63, 3.8) is 0 Å². The van der Waals surface area contributed by atoms with Crippen molar-refractivity contribution in [1.82, 2.24) is 4.90 Å². The van der Waals surface area contributed by atoms with E-state index in [4.69, 9.17) is 5.73 Å². The van der Waals surface area contributed by atoms with Crippen molar-refractivity contribution in [3.05, 3.63) is 0 Å². The molecule has 0 aromatic rings. The zero-order valence-electron chi connectivity index (χ0n) is 10.4. The zero-order valence-corrected chi connectivity index (χ0v) is 10.4. The van der Waals surface area contributed by atoms with E-state index in [1.807, 2.05) is 6.92 Å². The summed E-state index contributed by atoms with van der Waals surface area (Å²) in [6, 6.07) is -1.27. The smallest absolute Gasteiger partial charge is 0.326 e. The Kier molecular flexibility index (Phi) is 5.41. The van der Waals surface area contributed by atoms with Crippen LogP contribution in [0.4, 0.5) is 0 Å². The van der Waals surface area contributed by atoms with E-state index in [2.05, 4.69) is 0 Å². The Morgan fingerprint density at radius 3 is 2.59 bits per heavy atom. The topological polar surface area (TPSA) is 83.6 Å². The number of rotatable bonds is 3. The number of hydrogen-bond acceptors (Lipinski definition) is 3. The molecule has 1 heterocycles. The summed E-state index contributed by atoms with van der Waals surface area (Å²) in [5, 5.41) is 9.19. The highest BCUT2D eigenvalue weighted by atomic mass is 16.4. The zero-order chi connectivity index (χ0) is 12.8. The molecule has 0 saturated carbocycles. The van der Waals surface area contributed by atoms with Crippen molar-refractivity contribution >= 4 is 11.9 Å². The third kappa shape index (κ3) is 3.70. The molecule has 98 valence electrons. The molecule has 3 N–H and O–H groups in total. The minimum Gasteiger partial charge on any atom is -0.480 e. The SMILES string of the molecule is CCC(N)C(=O)N1CCCCCCC1C(=O)O. The van der Waals surface area contributed by atoms with Gasteiger partial charge >= 0.3 is 5.97 Å². The molecule has 0 aromatic heterocycles. The van der Waals surface area contributed by atoms with Crippen molar-refractivity contribution in [2.24, 2.45) is 5.73 Å². The first-order valence-electron chi connectivity index (χ1n) is 6.36. The second-order valence-corrected chi connectivity index (χ2v) is 4.60. The number of likely N-dealkylation sites (tertiary alicyclic amines) is 1. The molecule has 1 amide bonds. The first-order valence-corrected chi connectivity index (χ1v) is 6.36. The van der Waals surface area contributed by atoms with Crippen LogP contribution in [0.25, 0.3) is 0 Å². The van der Waals surface area contributed by atoms with Gasteiger partial charge in [-0.25, -0.2) is 4.79 Å². The highest BCUT2D eigenvalue weighted by molar-refractivity contribution is 5.86. The van der Waals surface area contributed by atoms with Gasteiger partial charge in [-0.2, -0.15) is 0 Å². The molecule has 0 aliphatic carbocycles. The van der Waals surface area contributed by atoms with E-state index < -0.39 is 18.1 Å². The molecule has 0 bridgehead atoms. The Morgan fingerprint density at radius 1 is 1.35 bits per heavy atom.